The minimum Gasteiger partial charge on any atom is -0.481 e. The van der Waals surface area contributed by atoms with Gasteiger partial charge in [-0.15, -0.1) is 9.45 Å². The third-order valence-electron chi connectivity index (χ3n) is 4.96. The van der Waals surface area contributed by atoms with Crippen molar-refractivity contribution >= 4 is 94.6 Å². The first kappa shape index (κ1) is 35.9. The van der Waals surface area contributed by atoms with Crippen molar-refractivity contribution in [3.05, 3.63) is 0 Å². The lowest BCUT2D eigenvalue weighted by molar-refractivity contribution is -0.138. The number of nitrogens with one attached hydrogen (secondary N) is 3. The van der Waals surface area contributed by atoms with Gasteiger partial charge in [-0.2, -0.15) is 3.89 Å². The predicted molar refractivity (Wildman–Crippen MR) is 154 cm³/mol. The summed E-state index contributed by atoms with van der Waals surface area (Å²) in [4.78, 5) is 72.8. The van der Waals surface area contributed by atoms with Gasteiger partial charge in [0.15, 0.2) is 5.78 Å². The van der Waals surface area contributed by atoms with Crippen LogP contribution in [0.2, 0.25) is 0 Å². The lowest BCUT2D eigenvalue weighted by atomic mass is 10.0. The summed E-state index contributed by atoms with van der Waals surface area (Å²) in [5, 5.41) is 16.7. The number of likely N-dealkylation sites (N-methyl/N-ethyl adjacent to an activating group) is 1. The summed E-state index contributed by atoms with van der Waals surface area (Å²) in [5.74, 6) is -3.67. The van der Waals surface area contributed by atoms with Gasteiger partial charge in [0.05, 0.1) is 33.4 Å². The predicted octanol–water partition coefficient (Wildman–Crippen LogP) is -0.634. The smallest absolute Gasteiger partial charge is 0.303 e. The topological polar surface area (TPSA) is 159 Å². The molecule has 0 fully saturated rings. The molecule has 5 atom stereocenters. The van der Waals surface area contributed by atoms with Crippen LogP contribution in [0.4, 0.5) is 3.89 Å². The number of ketones is 3. The molecule has 0 spiro atoms. The monoisotopic (exact) mass is 637 g/mol. The fourth-order valence-electron chi connectivity index (χ4n) is 3.04. The first-order valence-electron chi connectivity index (χ1n) is 11.0. The molecule has 2 amide bonds. The fourth-order valence-corrected chi connectivity index (χ4v) is 9.25. The molecule has 0 radical (unpaired) electrons. The Morgan fingerprint density at radius 3 is 1.86 bits per heavy atom. The van der Waals surface area contributed by atoms with Crippen LogP contribution in [0, 0.1) is 0 Å². The largest absolute Gasteiger partial charge is 0.481 e. The first-order chi connectivity index (χ1) is 17.3. The minimum atomic E-state index is -1.96. The average Bonchev–Trinajstić information content (AvgIpc) is 2.78. The maximum atomic E-state index is 12.9. The molecule has 17 heteroatoms. The van der Waals surface area contributed by atoms with E-state index < -0.39 is 69.5 Å². The van der Waals surface area contributed by atoms with Gasteiger partial charge in [0.2, 0.25) is 11.8 Å². The van der Waals surface area contributed by atoms with E-state index in [-0.39, 0.29) is 53.1 Å². The Morgan fingerprint density at radius 1 is 0.892 bits per heavy atom. The van der Waals surface area contributed by atoms with Crippen LogP contribution < -0.4 is 16.0 Å². The number of hydrogen-bond donors (Lipinski definition) is 4. The van der Waals surface area contributed by atoms with Crippen molar-refractivity contribution in [3.8, 4) is 0 Å². The Hall–Kier alpha value is -1.11. The zero-order valence-electron chi connectivity index (χ0n) is 20.6. The van der Waals surface area contributed by atoms with Gasteiger partial charge in [-0.25, -0.2) is 0 Å². The van der Waals surface area contributed by atoms with E-state index in [9.17, 15) is 32.7 Å². The van der Waals surface area contributed by atoms with Gasteiger partial charge in [0.1, 0.15) is 17.6 Å². The summed E-state index contributed by atoms with van der Waals surface area (Å²) in [5.41, 5.74) is 0. The Kier molecular flexibility index (Phi) is 19.3. The van der Waals surface area contributed by atoms with E-state index in [0.717, 1.165) is 8.88 Å². The number of carbonyl (C=O) groups is 6. The molecule has 0 saturated carbocycles. The minimum absolute atomic E-state index is 0.0144. The number of carboxylic acid groups (broad SMARTS) is 1. The molecule has 0 heterocycles. The second-order valence-corrected chi connectivity index (χ2v) is 16.6. The molecule has 0 aliphatic carbocycles. The lowest BCUT2D eigenvalue weighted by Gasteiger charge is -2.24. The number of hydrogen-bond acceptors (Lipinski definition) is 9. The molecule has 0 aliphatic rings. The number of halogens is 1. The van der Waals surface area contributed by atoms with E-state index in [1.807, 2.05) is 6.26 Å². The van der Waals surface area contributed by atoms with Crippen molar-refractivity contribution in [2.45, 2.75) is 63.6 Å². The molecule has 5 unspecified atom stereocenters. The normalized spacial score (nSPS) is 14.8. The Bertz CT molecular complexity index is 999. The van der Waals surface area contributed by atoms with Gasteiger partial charge >= 0.3 is 5.97 Å². The summed E-state index contributed by atoms with van der Waals surface area (Å²) in [7, 11) is 1.78. The summed E-state index contributed by atoms with van der Waals surface area (Å²) in [6, 6.07) is -3.18. The average molecular weight is 638 g/mol. The maximum Gasteiger partial charge on any atom is 0.303 e. The van der Waals surface area contributed by atoms with E-state index in [1.165, 1.54) is 22.9 Å². The molecule has 0 aliphatic heterocycles. The van der Waals surface area contributed by atoms with Gasteiger partial charge in [-0.05, 0) is 79.6 Å². The van der Waals surface area contributed by atoms with E-state index in [1.54, 1.807) is 0 Å². The van der Waals surface area contributed by atoms with Crippen LogP contribution in [0.25, 0.3) is 0 Å². The van der Waals surface area contributed by atoms with Crippen LogP contribution in [0.3, 0.4) is 0 Å². The molecule has 37 heavy (non-hydrogen) atoms. The van der Waals surface area contributed by atoms with Gasteiger partial charge in [-0.1, -0.05) is 0 Å². The summed E-state index contributed by atoms with van der Waals surface area (Å²) in [6.45, 7) is 1.26. The van der Waals surface area contributed by atoms with Crippen LogP contribution in [-0.2, 0) is 88.2 Å². The molecule has 4 N–H and O–H groups in total. The van der Waals surface area contributed by atoms with Crippen molar-refractivity contribution in [2.75, 3.05) is 24.8 Å². The number of Topliss-reactive ketones (excluding diaryl/α,β-unsaturated/α-hetero) is 3. The second-order valence-electron chi connectivity index (χ2n) is 7.95. The molecule has 0 aromatic heterocycles. The van der Waals surface area contributed by atoms with E-state index in [0.29, 0.717) is 0 Å². The number of carboxylic acids is 1. The van der Waals surface area contributed by atoms with Crippen molar-refractivity contribution < 1.29 is 37.8 Å². The zero-order valence-corrected chi connectivity index (χ0v) is 25.5. The van der Waals surface area contributed by atoms with Gasteiger partial charge in [-0.3, -0.25) is 28.8 Å². The number of rotatable bonds is 19. The van der Waals surface area contributed by atoms with Crippen LogP contribution >= 0.6 is 0 Å². The SMILES string of the molecule is CNC(CCC(=O)CS(F)=S)C(=O)NC(CCC(=O)O)C(=O)NC(CCC(=O)CS(C)=S=S=S)C(C)=O. The van der Waals surface area contributed by atoms with Crippen molar-refractivity contribution in [2.24, 2.45) is 0 Å². The zero-order chi connectivity index (χ0) is 28.5. The third kappa shape index (κ3) is 17.2. The van der Waals surface area contributed by atoms with Gasteiger partial charge < -0.3 is 21.1 Å². The van der Waals surface area contributed by atoms with Crippen LogP contribution in [0.5, 0.6) is 0 Å². The quantitative estimate of drug-likeness (QED) is 0.134. The molecule has 0 rings (SSSR count). The van der Waals surface area contributed by atoms with E-state index in [2.05, 4.69) is 27.1 Å². The first-order valence-corrected chi connectivity index (χ1v) is 18.6. The second kappa shape index (κ2) is 19.9. The highest BCUT2D eigenvalue weighted by Crippen LogP contribution is 2.07. The standard InChI is InChI=1S/C20H32FN3O7S6/c1-12(25)15(6-4-13(26)10-36(3)35-34-32)23-20(31)17(8-9-18(28)29)24-19(30)16(22-2)7-5-14(27)11-37(21)33/h15-17,22H,4-11H2,1-3H3,(H,23,31)(H,24,30)(H,28,29). The maximum absolute atomic E-state index is 12.9. The summed E-state index contributed by atoms with van der Waals surface area (Å²) >= 11 is 9.18. The Labute approximate surface area is 235 Å². The number of amides is 2. The molecule has 10 nitrogen and oxygen atoms in total. The van der Waals surface area contributed by atoms with E-state index in [4.69, 9.17) is 16.3 Å². The van der Waals surface area contributed by atoms with Crippen LogP contribution in [0.1, 0.15) is 45.4 Å². The molecule has 212 valence electrons. The van der Waals surface area contributed by atoms with Gasteiger partial charge in [0, 0.05) is 19.3 Å². The molecular weight excluding hydrogens is 606 g/mol. The number of carbonyl (C=O) groups excluding carboxylic acids is 5. The molecular formula is C20H32FN3O7S6. The highest BCUT2D eigenvalue weighted by atomic mass is 33.2. The third-order valence-corrected chi connectivity index (χ3v) is 12.2. The van der Waals surface area contributed by atoms with Gasteiger partial charge in [0.25, 0.3) is 0 Å². The summed E-state index contributed by atoms with van der Waals surface area (Å²) < 4.78 is 12.9. The van der Waals surface area contributed by atoms with E-state index >= 15 is 0 Å². The number of aliphatic carboxylic acids is 1. The Morgan fingerprint density at radius 2 is 1.38 bits per heavy atom. The van der Waals surface area contributed by atoms with Crippen molar-refractivity contribution in [3.63, 3.8) is 0 Å². The molecule has 0 aromatic rings. The highest BCUT2D eigenvalue weighted by Gasteiger charge is 2.28. The van der Waals surface area contributed by atoms with Crippen LogP contribution in [-0.4, -0.2) is 83.2 Å². The highest BCUT2D eigenvalue weighted by molar-refractivity contribution is 8.58. The van der Waals surface area contributed by atoms with Crippen molar-refractivity contribution in [1.29, 1.82) is 0 Å². The molecule has 0 bridgehead atoms. The van der Waals surface area contributed by atoms with Crippen molar-refractivity contribution in [1.82, 2.24) is 16.0 Å². The lowest BCUT2D eigenvalue weighted by Crippen LogP contribution is -2.54. The molecule has 0 saturated heterocycles. The summed E-state index contributed by atoms with van der Waals surface area (Å²) in [6.07, 6.45) is 1.21. The molecule has 0 aromatic carbocycles. The van der Waals surface area contributed by atoms with Crippen LogP contribution in [0.15, 0.2) is 0 Å². The Balaban J connectivity index is 5.33. The fraction of sp³-hybridized carbons (Fsp3) is 0.700.